The standard InChI is InChI=1S/C22H24N4O/c1-17-16-20(24-26(17)18-10-4-2-5-11-18)22(27)23-19-12-6-7-13-21(19)25-14-8-3-9-15-25/h2,4-7,10-13,16H,3,8-9,14-15H2,1H3,(H,23,27). The van der Waals surface area contributed by atoms with Crippen LogP contribution in [0.4, 0.5) is 11.4 Å². The molecule has 1 fully saturated rings. The Morgan fingerprint density at radius 2 is 1.67 bits per heavy atom. The Bertz CT molecular complexity index is 926. The molecule has 1 aromatic heterocycles. The van der Waals surface area contributed by atoms with E-state index in [9.17, 15) is 4.79 Å². The summed E-state index contributed by atoms with van der Waals surface area (Å²) in [4.78, 5) is 15.2. The fraction of sp³-hybridized carbons (Fsp3) is 0.273. The number of nitrogens with one attached hydrogen (secondary N) is 1. The number of hydrogen-bond acceptors (Lipinski definition) is 3. The molecule has 0 radical (unpaired) electrons. The van der Waals surface area contributed by atoms with Crippen LogP contribution in [0.1, 0.15) is 35.4 Å². The second-order valence-corrected chi connectivity index (χ2v) is 6.94. The molecule has 0 saturated carbocycles. The molecule has 2 heterocycles. The Morgan fingerprint density at radius 1 is 0.963 bits per heavy atom. The summed E-state index contributed by atoms with van der Waals surface area (Å²) in [5.74, 6) is -0.183. The Morgan fingerprint density at radius 3 is 2.44 bits per heavy atom. The minimum absolute atomic E-state index is 0.183. The lowest BCUT2D eigenvalue weighted by molar-refractivity contribution is 0.102. The third kappa shape index (κ3) is 3.72. The number of para-hydroxylation sites is 3. The maximum absolute atomic E-state index is 12.8. The van der Waals surface area contributed by atoms with Crippen molar-refractivity contribution in [3.05, 3.63) is 72.1 Å². The number of hydrogen-bond donors (Lipinski definition) is 1. The maximum Gasteiger partial charge on any atom is 0.276 e. The van der Waals surface area contributed by atoms with Crippen molar-refractivity contribution in [3.8, 4) is 5.69 Å². The first kappa shape index (κ1) is 17.3. The van der Waals surface area contributed by atoms with E-state index in [2.05, 4.69) is 21.4 Å². The number of carbonyl (C=O) groups is 1. The number of carbonyl (C=O) groups excluding carboxylic acids is 1. The lowest BCUT2D eigenvalue weighted by Crippen LogP contribution is -2.30. The molecule has 0 bridgehead atoms. The maximum atomic E-state index is 12.8. The predicted molar refractivity (Wildman–Crippen MR) is 109 cm³/mol. The Hall–Kier alpha value is -3.08. The van der Waals surface area contributed by atoms with E-state index in [0.29, 0.717) is 5.69 Å². The molecule has 0 atom stereocenters. The molecule has 5 heteroatoms. The predicted octanol–water partition coefficient (Wildman–Crippen LogP) is 4.42. The molecule has 1 amide bonds. The number of aromatic nitrogens is 2. The molecule has 3 aromatic rings. The molecule has 1 aliphatic heterocycles. The van der Waals surface area contributed by atoms with Crippen molar-refractivity contribution in [1.29, 1.82) is 0 Å². The van der Waals surface area contributed by atoms with Gasteiger partial charge in [0.15, 0.2) is 5.69 Å². The van der Waals surface area contributed by atoms with Crippen LogP contribution in [0.15, 0.2) is 60.7 Å². The number of benzene rings is 2. The summed E-state index contributed by atoms with van der Waals surface area (Å²) in [7, 11) is 0. The van der Waals surface area contributed by atoms with Gasteiger partial charge in [0.1, 0.15) is 0 Å². The van der Waals surface area contributed by atoms with E-state index in [1.165, 1.54) is 19.3 Å². The first-order valence-corrected chi connectivity index (χ1v) is 9.50. The van der Waals surface area contributed by atoms with Crippen molar-refractivity contribution in [2.75, 3.05) is 23.3 Å². The summed E-state index contributed by atoms with van der Waals surface area (Å²) < 4.78 is 1.80. The molecular formula is C22H24N4O. The van der Waals surface area contributed by atoms with Gasteiger partial charge >= 0.3 is 0 Å². The molecular weight excluding hydrogens is 336 g/mol. The van der Waals surface area contributed by atoms with Gasteiger partial charge in [0, 0.05) is 18.8 Å². The fourth-order valence-corrected chi connectivity index (χ4v) is 3.59. The van der Waals surface area contributed by atoms with Gasteiger partial charge in [-0.3, -0.25) is 4.79 Å². The van der Waals surface area contributed by atoms with Crippen LogP contribution in [-0.2, 0) is 0 Å². The zero-order valence-corrected chi connectivity index (χ0v) is 15.6. The first-order valence-electron chi connectivity index (χ1n) is 9.50. The molecule has 27 heavy (non-hydrogen) atoms. The second kappa shape index (κ2) is 7.66. The molecule has 1 N–H and O–H groups in total. The zero-order valence-electron chi connectivity index (χ0n) is 15.6. The third-order valence-corrected chi connectivity index (χ3v) is 4.97. The number of rotatable bonds is 4. The summed E-state index contributed by atoms with van der Waals surface area (Å²) in [5.41, 5.74) is 4.23. The summed E-state index contributed by atoms with van der Waals surface area (Å²) in [5, 5.41) is 7.57. The molecule has 4 rings (SSSR count). The van der Waals surface area contributed by atoms with E-state index in [4.69, 9.17) is 0 Å². The van der Waals surface area contributed by atoms with E-state index in [1.54, 1.807) is 4.68 Å². The Labute approximate surface area is 159 Å². The van der Waals surface area contributed by atoms with Gasteiger partial charge in [-0.05, 0) is 56.5 Å². The average Bonchev–Trinajstić information content (AvgIpc) is 3.12. The van der Waals surface area contributed by atoms with Crippen molar-refractivity contribution in [2.45, 2.75) is 26.2 Å². The van der Waals surface area contributed by atoms with E-state index in [0.717, 1.165) is 35.8 Å². The lowest BCUT2D eigenvalue weighted by Gasteiger charge is -2.30. The molecule has 5 nitrogen and oxygen atoms in total. The van der Waals surface area contributed by atoms with Crippen LogP contribution in [-0.4, -0.2) is 28.8 Å². The van der Waals surface area contributed by atoms with Crippen LogP contribution in [0.2, 0.25) is 0 Å². The third-order valence-electron chi connectivity index (χ3n) is 4.97. The quantitative estimate of drug-likeness (QED) is 0.749. The summed E-state index contributed by atoms with van der Waals surface area (Å²) in [6.07, 6.45) is 3.67. The van der Waals surface area contributed by atoms with Crippen LogP contribution >= 0.6 is 0 Å². The fourth-order valence-electron chi connectivity index (χ4n) is 3.59. The zero-order chi connectivity index (χ0) is 18.6. The van der Waals surface area contributed by atoms with Crippen LogP contribution < -0.4 is 10.2 Å². The van der Waals surface area contributed by atoms with Crippen molar-refractivity contribution >= 4 is 17.3 Å². The number of amides is 1. The molecule has 1 aliphatic rings. The van der Waals surface area contributed by atoms with E-state index >= 15 is 0 Å². The normalized spacial score (nSPS) is 14.2. The van der Waals surface area contributed by atoms with E-state index < -0.39 is 0 Å². The van der Waals surface area contributed by atoms with Crippen molar-refractivity contribution in [1.82, 2.24) is 9.78 Å². The van der Waals surface area contributed by atoms with Crippen LogP contribution in [0.5, 0.6) is 0 Å². The van der Waals surface area contributed by atoms with Gasteiger partial charge in [-0.2, -0.15) is 5.10 Å². The average molecular weight is 360 g/mol. The van der Waals surface area contributed by atoms with Gasteiger partial charge in [0.25, 0.3) is 5.91 Å². The van der Waals surface area contributed by atoms with Gasteiger partial charge in [-0.15, -0.1) is 0 Å². The summed E-state index contributed by atoms with van der Waals surface area (Å²) in [6, 6.07) is 19.7. The highest BCUT2D eigenvalue weighted by Gasteiger charge is 2.18. The topological polar surface area (TPSA) is 50.2 Å². The minimum Gasteiger partial charge on any atom is -0.370 e. The highest BCUT2D eigenvalue weighted by atomic mass is 16.2. The van der Waals surface area contributed by atoms with Crippen LogP contribution in [0, 0.1) is 6.92 Å². The SMILES string of the molecule is Cc1cc(C(=O)Nc2ccccc2N2CCCCC2)nn1-c1ccccc1. The van der Waals surface area contributed by atoms with Crippen molar-refractivity contribution in [2.24, 2.45) is 0 Å². The molecule has 0 spiro atoms. The number of piperidine rings is 1. The summed E-state index contributed by atoms with van der Waals surface area (Å²) >= 11 is 0. The second-order valence-electron chi connectivity index (χ2n) is 6.94. The minimum atomic E-state index is -0.183. The number of nitrogens with zero attached hydrogens (tertiary/aromatic N) is 3. The number of aryl methyl sites for hydroxylation is 1. The monoisotopic (exact) mass is 360 g/mol. The van der Waals surface area contributed by atoms with Gasteiger partial charge in [0.05, 0.1) is 17.1 Å². The highest BCUT2D eigenvalue weighted by molar-refractivity contribution is 6.04. The van der Waals surface area contributed by atoms with Crippen molar-refractivity contribution < 1.29 is 4.79 Å². The molecule has 0 aliphatic carbocycles. The first-order chi connectivity index (χ1) is 13.2. The highest BCUT2D eigenvalue weighted by Crippen LogP contribution is 2.28. The van der Waals surface area contributed by atoms with Crippen LogP contribution in [0.25, 0.3) is 5.69 Å². The summed E-state index contributed by atoms with van der Waals surface area (Å²) in [6.45, 7) is 4.03. The smallest absolute Gasteiger partial charge is 0.276 e. The molecule has 1 saturated heterocycles. The van der Waals surface area contributed by atoms with Gasteiger partial charge in [-0.25, -0.2) is 4.68 Å². The van der Waals surface area contributed by atoms with E-state index in [1.807, 2.05) is 61.5 Å². The van der Waals surface area contributed by atoms with Crippen molar-refractivity contribution in [3.63, 3.8) is 0 Å². The van der Waals surface area contributed by atoms with Gasteiger partial charge < -0.3 is 10.2 Å². The molecule has 0 unspecified atom stereocenters. The van der Waals surface area contributed by atoms with Crippen LogP contribution in [0.3, 0.4) is 0 Å². The molecule has 138 valence electrons. The van der Waals surface area contributed by atoms with E-state index in [-0.39, 0.29) is 5.91 Å². The largest absolute Gasteiger partial charge is 0.370 e. The van der Waals surface area contributed by atoms with Gasteiger partial charge in [-0.1, -0.05) is 30.3 Å². The number of anilines is 2. The molecule has 2 aromatic carbocycles. The Balaban J connectivity index is 1.57. The lowest BCUT2D eigenvalue weighted by atomic mass is 10.1. The van der Waals surface area contributed by atoms with Gasteiger partial charge in [0.2, 0.25) is 0 Å². The Kier molecular flexibility index (Phi) is 4.92.